The number of aliphatic hydroxyl groups is 2. The van der Waals surface area contributed by atoms with E-state index in [-0.39, 0.29) is 24.0 Å². The van der Waals surface area contributed by atoms with Gasteiger partial charge in [0.15, 0.2) is 0 Å². The van der Waals surface area contributed by atoms with Crippen LogP contribution in [0.4, 0.5) is 8.78 Å². The number of hydrogen-bond donors (Lipinski definition) is 2. The normalized spacial score (nSPS) is 22.3. The minimum Gasteiger partial charge on any atom is -0.394 e. The Morgan fingerprint density at radius 2 is 2.00 bits per heavy atom. The Morgan fingerprint density at radius 1 is 1.21 bits per heavy atom. The van der Waals surface area contributed by atoms with E-state index in [1.165, 1.54) is 18.2 Å². The third-order valence-electron chi connectivity index (χ3n) is 5.40. The molecular formula is C22H22ClF2NO3. The summed E-state index contributed by atoms with van der Waals surface area (Å²) in [5.74, 6) is -0.811. The van der Waals surface area contributed by atoms with Gasteiger partial charge in [0.2, 0.25) is 0 Å². The SMILES string of the molecule is Cc1ccc(Cn2cc([C@H]3C[C@@H](O)C[C@@H](CO)O3)c3cc(F)cc(Cl)c32)c(F)c1. The molecule has 154 valence electrons. The number of benzene rings is 2. The van der Waals surface area contributed by atoms with Crippen molar-refractivity contribution in [3.05, 3.63) is 69.9 Å². The van der Waals surface area contributed by atoms with Crippen LogP contribution < -0.4 is 0 Å². The number of aromatic nitrogens is 1. The van der Waals surface area contributed by atoms with E-state index in [1.807, 2.05) is 13.0 Å². The molecule has 0 aliphatic carbocycles. The molecule has 29 heavy (non-hydrogen) atoms. The number of aliphatic hydroxyl groups excluding tert-OH is 2. The summed E-state index contributed by atoms with van der Waals surface area (Å²) in [5.41, 5.74) is 2.54. The number of halogens is 3. The van der Waals surface area contributed by atoms with Crippen molar-refractivity contribution in [3.8, 4) is 0 Å². The average molecular weight is 422 g/mol. The van der Waals surface area contributed by atoms with E-state index in [0.717, 1.165) is 5.56 Å². The van der Waals surface area contributed by atoms with Gasteiger partial charge in [-0.3, -0.25) is 0 Å². The minimum atomic E-state index is -0.636. The van der Waals surface area contributed by atoms with Gasteiger partial charge in [-0.05, 0) is 30.7 Å². The topological polar surface area (TPSA) is 54.6 Å². The molecular weight excluding hydrogens is 400 g/mol. The van der Waals surface area contributed by atoms with E-state index in [0.29, 0.717) is 34.9 Å². The highest BCUT2D eigenvalue weighted by atomic mass is 35.5. The van der Waals surface area contributed by atoms with Gasteiger partial charge in [-0.15, -0.1) is 0 Å². The van der Waals surface area contributed by atoms with Gasteiger partial charge in [-0.1, -0.05) is 23.7 Å². The molecule has 0 radical (unpaired) electrons. The van der Waals surface area contributed by atoms with E-state index < -0.39 is 24.1 Å². The first kappa shape index (κ1) is 20.3. The smallest absolute Gasteiger partial charge is 0.128 e. The number of hydrogen-bond acceptors (Lipinski definition) is 3. The largest absolute Gasteiger partial charge is 0.394 e. The molecule has 1 aliphatic heterocycles. The zero-order valence-electron chi connectivity index (χ0n) is 15.9. The van der Waals surface area contributed by atoms with Gasteiger partial charge in [0.05, 0.1) is 42.0 Å². The van der Waals surface area contributed by atoms with E-state index in [2.05, 4.69) is 0 Å². The molecule has 0 bridgehead atoms. The third kappa shape index (κ3) is 4.03. The van der Waals surface area contributed by atoms with Crippen LogP contribution in [0.25, 0.3) is 10.9 Å². The van der Waals surface area contributed by atoms with Gasteiger partial charge in [0.1, 0.15) is 11.6 Å². The predicted octanol–water partition coefficient (Wildman–Crippen LogP) is 4.50. The van der Waals surface area contributed by atoms with Crippen molar-refractivity contribution >= 4 is 22.5 Å². The lowest BCUT2D eigenvalue weighted by Gasteiger charge is -2.32. The quantitative estimate of drug-likeness (QED) is 0.652. The lowest BCUT2D eigenvalue weighted by molar-refractivity contribution is -0.113. The first-order valence-corrected chi connectivity index (χ1v) is 9.90. The molecule has 0 unspecified atom stereocenters. The molecule has 3 atom stereocenters. The minimum absolute atomic E-state index is 0.212. The second-order valence-electron chi connectivity index (χ2n) is 7.65. The summed E-state index contributed by atoms with van der Waals surface area (Å²) in [5, 5.41) is 20.4. The Bertz CT molecular complexity index is 1050. The number of fused-ring (bicyclic) bond motifs is 1. The van der Waals surface area contributed by atoms with Crippen LogP contribution in [0.1, 0.15) is 35.6 Å². The summed E-state index contributed by atoms with van der Waals surface area (Å²) in [6, 6.07) is 7.62. The molecule has 1 fully saturated rings. The van der Waals surface area contributed by atoms with Gasteiger partial charge in [-0.2, -0.15) is 0 Å². The van der Waals surface area contributed by atoms with Crippen LogP contribution in [0.15, 0.2) is 36.5 Å². The van der Waals surface area contributed by atoms with Crippen LogP contribution >= 0.6 is 11.6 Å². The van der Waals surface area contributed by atoms with Gasteiger partial charge in [0, 0.05) is 35.6 Å². The fourth-order valence-corrected chi connectivity index (χ4v) is 4.35. The molecule has 1 saturated heterocycles. The first-order valence-electron chi connectivity index (χ1n) is 9.53. The average Bonchev–Trinajstić information content (AvgIpc) is 3.02. The van der Waals surface area contributed by atoms with Gasteiger partial charge in [-0.25, -0.2) is 8.78 Å². The molecule has 3 aromatic rings. The van der Waals surface area contributed by atoms with Crippen molar-refractivity contribution in [1.29, 1.82) is 0 Å². The molecule has 1 aliphatic rings. The lowest BCUT2D eigenvalue weighted by atomic mass is 9.96. The number of rotatable bonds is 4. The van der Waals surface area contributed by atoms with Gasteiger partial charge in [0.25, 0.3) is 0 Å². The van der Waals surface area contributed by atoms with Crippen LogP contribution in [0, 0.1) is 18.6 Å². The molecule has 4 rings (SSSR count). The van der Waals surface area contributed by atoms with E-state index in [4.69, 9.17) is 16.3 Å². The molecule has 4 nitrogen and oxygen atoms in total. The molecule has 7 heteroatoms. The Morgan fingerprint density at radius 3 is 2.72 bits per heavy atom. The van der Waals surface area contributed by atoms with Crippen molar-refractivity contribution in [2.75, 3.05) is 6.61 Å². The first-order chi connectivity index (χ1) is 13.9. The van der Waals surface area contributed by atoms with Crippen molar-refractivity contribution in [3.63, 3.8) is 0 Å². The summed E-state index contributed by atoms with van der Waals surface area (Å²) in [7, 11) is 0. The molecule has 2 N–H and O–H groups in total. The highest BCUT2D eigenvalue weighted by Crippen LogP contribution is 2.39. The number of nitrogens with zero attached hydrogens (tertiary/aromatic N) is 1. The second kappa shape index (κ2) is 8.03. The molecule has 2 heterocycles. The van der Waals surface area contributed by atoms with Crippen LogP contribution in [-0.4, -0.2) is 33.6 Å². The Labute approximate surface area is 172 Å². The van der Waals surface area contributed by atoms with Crippen LogP contribution in [-0.2, 0) is 11.3 Å². The maximum atomic E-state index is 14.4. The summed E-state index contributed by atoms with van der Waals surface area (Å²) in [6.07, 6.45) is 0.772. The maximum Gasteiger partial charge on any atom is 0.128 e. The zero-order valence-corrected chi connectivity index (χ0v) is 16.7. The van der Waals surface area contributed by atoms with Gasteiger partial charge < -0.3 is 19.5 Å². The van der Waals surface area contributed by atoms with Crippen LogP contribution in [0.3, 0.4) is 0 Å². The van der Waals surface area contributed by atoms with Crippen molar-refractivity contribution in [2.24, 2.45) is 0 Å². The molecule has 1 aromatic heterocycles. The summed E-state index contributed by atoms with van der Waals surface area (Å²) in [6.45, 7) is 1.82. The van der Waals surface area contributed by atoms with Crippen molar-refractivity contribution in [1.82, 2.24) is 4.57 Å². The lowest BCUT2D eigenvalue weighted by Crippen LogP contribution is -2.33. The molecule has 0 amide bonds. The predicted molar refractivity (Wildman–Crippen MR) is 107 cm³/mol. The monoisotopic (exact) mass is 421 g/mol. The molecule has 0 spiro atoms. The Hall–Kier alpha value is -1.99. The van der Waals surface area contributed by atoms with Crippen molar-refractivity contribution in [2.45, 2.75) is 44.6 Å². The summed E-state index contributed by atoms with van der Waals surface area (Å²) < 4.78 is 36.2. The maximum absolute atomic E-state index is 14.4. The van der Waals surface area contributed by atoms with Crippen molar-refractivity contribution < 1.29 is 23.7 Å². The van der Waals surface area contributed by atoms with Gasteiger partial charge >= 0.3 is 0 Å². The van der Waals surface area contributed by atoms with E-state index >= 15 is 0 Å². The highest BCUT2D eigenvalue weighted by molar-refractivity contribution is 6.35. The summed E-state index contributed by atoms with van der Waals surface area (Å²) >= 11 is 6.35. The fourth-order valence-electron chi connectivity index (χ4n) is 4.03. The number of aryl methyl sites for hydroxylation is 1. The Balaban J connectivity index is 1.81. The molecule has 0 saturated carbocycles. The van der Waals surface area contributed by atoms with E-state index in [1.54, 1.807) is 16.8 Å². The van der Waals surface area contributed by atoms with Crippen LogP contribution in [0.5, 0.6) is 0 Å². The fraction of sp³-hybridized carbons (Fsp3) is 0.364. The van der Waals surface area contributed by atoms with Crippen LogP contribution in [0.2, 0.25) is 5.02 Å². The Kier molecular flexibility index (Phi) is 5.62. The zero-order chi connectivity index (χ0) is 20.7. The summed E-state index contributed by atoms with van der Waals surface area (Å²) in [4.78, 5) is 0. The third-order valence-corrected chi connectivity index (χ3v) is 5.69. The number of ether oxygens (including phenoxy) is 1. The highest BCUT2D eigenvalue weighted by Gasteiger charge is 2.31. The standard InChI is InChI=1S/C22H22ClF2NO3/c1-12-2-3-13(20(25)4-12)9-26-10-18(17-5-14(24)6-19(23)22(17)26)21-8-15(28)7-16(11-27)29-21/h2-6,10,15-16,21,27-28H,7-9,11H2,1H3/t15-,16-,21+/m0/s1. The second-order valence-corrected chi connectivity index (χ2v) is 8.05. The van der Waals surface area contributed by atoms with E-state index in [9.17, 15) is 19.0 Å². The molecule has 2 aromatic carbocycles.